The van der Waals surface area contributed by atoms with Crippen LogP contribution in [-0.4, -0.2) is 81.6 Å². The van der Waals surface area contributed by atoms with Gasteiger partial charge in [0.25, 0.3) is 11.8 Å². The lowest BCUT2D eigenvalue weighted by atomic mass is 9.99. The molecule has 3 atom stereocenters. The molecule has 0 fully saturated rings. The minimum atomic E-state index is -0.612. The molecule has 0 saturated heterocycles. The highest BCUT2D eigenvalue weighted by molar-refractivity contribution is 6.06. The van der Waals surface area contributed by atoms with E-state index in [1.165, 1.54) is 47.8 Å². The van der Waals surface area contributed by atoms with Gasteiger partial charge in [-0.3, -0.25) is 14.6 Å². The van der Waals surface area contributed by atoms with E-state index in [1.54, 1.807) is 37.1 Å². The van der Waals surface area contributed by atoms with E-state index in [4.69, 9.17) is 4.74 Å². The number of amides is 4. The van der Waals surface area contributed by atoms with Gasteiger partial charge in [-0.15, -0.1) is 0 Å². The van der Waals surface area contributed by atoms with E-state index in [9.17, 15) is 23.9 Å². The predicted molar refractivity (Wildman–Crippen MR) is 146 cm³/mol. The lowest BCUT2D eigenvalue weighted by Crippen LogP contribution is -2.50. The van der Waals surface area contributed by atoms with Gasteiger partial charge < -0.3 is 30.3 Å². The molecule has 1 aromatic heterocycles. The van der Waals surface area contributed by atoms with Crippen molar-refractivity contribution in [3.05, 3.63) is 78.1 Å². The van der Waals surface area contributed by atoms with Crippen LogP contribution in [-0.2, 0) is 0 Å². The zero-order chi connectivity index (χ0) is 28.8. The van der Waals surface area contributed by atoms with E-state index in [0.717, 1.165) is 0 Å². The van der Waals surface area contributed by atoms with Gasteiger partial charge in [-0.25, -0.2) is 14.2 Å². The Kier molecular flexibility index (Phi) is 8.90. The SMILES string of the molecule is C[C@H](CO)N1C[C@H](C)[C@@H](CN(C)C(=O)Nc2ccc(F)cc2)Oc2c(NC(=O)c3cnccn3)cccc2C1=O. The number of rotatable bonds is 7. The van der Waals surface area contributed by atoms with Gasteiger partial charge in [-0.2, -0.15) is 0 Å². The molecule has 0 saturated carbocycles. The number of nitrogens with one attached hydrogen (secondary N) is 2. The topological polar surface area (TPSA) is 137 Å². The van der Waals surface area contributed by atoms with Crippen molar-refractivity contribution in [2.75, 3.05) is 37.4 Å². The number of para-hydroxylation sites is 1. The number of carbonyl (C=O) groups is 3. The van der Waals surface area contributed by atoms with E-state index in [0.29, 0.717) is 5.69 Å². The van der Waals surface area contributed by atoms with Gasteiger partial charge >= 0.3 is 6.03 Å². The summed E-state index contributed by atoms with van der Waals surface area (Å²) < 4.78 is 19.7. The number of nitrogens with zero attached hydrogens (tertiary/aromatic N) is 4. The highest BCUT2D eigenvalue weighted by atomic mass is 19.1. The molecule has 1 aliphatic rings. The quantitative estimate of drug-likeness (QED) is 0.411. The van der Waals surface area contributed by atoms with Crippen molar-refractivity contribution in [2.45, 2.75) is 26.0 Å². The number of aromatic nitrogens is 2. The second-order valence-electron chi connectivity index (χ2n) is 9.67. The summed E-state index contributed by atoms with van der Waals surface area (Å²) in [6.07, 6.45) is 3.54. The molecule has 0 aliphatic carbocycles. The third-order valence-electron chi connectivity index (χ3n) is 6.63. The Morgan fingerprint density at radius 1 is 1.20 bits per heavy atom. The van der Waals surface area contributed by atoms with Gasteiger partial charge in [0, 0.05) is 37.6 Å². The van der Waals surface area contributed by atoms with Crippen LogP contribution in [0.5, 0.6) is 5.75 Å². The molecule has 3 aromatic rings. The van der Waals surface area contributed by atoms with Crippen LogP contribution in [0.25, 0.3) is 0 Å². The van der Waals surface area contributed by atoms with E-state index < -0.39 is 29.9 Å². The summed E-state index contributed by atoms with van der Waals surface area (Å²) in [4.78, 5) is 50.3. The minimum absolute atomic E-state index is 0.0786. The zero-order valence-corrected chi connectivity index (χ0v) is 22.4. The lowest BCUT2D eigenvalue weighted by Gasteiger charge is -2.38. The first-order chi connectivity index (χ1) is 19.2. The number of hydrogen-bond acceptors (Lipinski definition) is 7. The fourth-order valence-corrected chi connectivity index (χ4v) is 4.27. The first kappa shape index (κ1) is 28.4. The summed E-state index contributed by atoms with van der Waals surface area (Å²) in [5.74, 6) is -1.46. The standard InChI is InChI=1S/C28H31FN6O5/c1-17-14-35(18(2)16-36)27(38)21-5-4-6-22(33-26(37)23-13-30-11-12-31-23)25(21)40-24(17)15-34(3)28(39)32-20-9-7-19(29)8-10-20/h4-13,17-18,24,36H,14-16H2,1-3H3,(H,32,39)(H,33,37)/t17-,18+,24+/m0/s1. The second kappa shape index (κ2) is 12.5. The first-order valence-electron chi connectivity index (χ1n) is 12.7. The number of aliphatic hydroxyl groups excluding tert-OH is 1. The number of hydrogen-bond donors (Lipinski definition) is 3. The van der Waals surface area contributed by atoms with E-state index in [2.05, 4.69) is 20.6 Å². The van der Waals surface area contributed by atoms with Crippen molar-refractivity contribution in [1.82, 2.24) is 19.8 Å². The summed E-state index contributed by atoms with van der Waals surface area (Å²) in [7, 11) is 1.59. The first-order valence-corrected chi connectivity index (χ1v) is 12.7. The molecule has 11 nitrogen and oxygen atoms in total. The van der Waals surface area contributed by atoms with Crippen molar-refractivity contribution in [2.24, 2.45) is 5.92 Å². The molecule has 12 heteroatoms. The number of fused-ring (bicyclic) bond motifs is 1. The molecule has 210 valence electrons. The Morgan fingerprint density at radius 2 is 1.95 bits per heavy atom. The third kappa shape index (κ3) is 6.52. The summed E-state index contributed by atoms with van der Waals surface area (Å²) in [5, 5.41) is 15.3. The molecule has 0 spiro atoms. The van der Waals surface area contributed by atoms with Crippen molar-refractivity contribution >= 4 is 29.2 Å². The maximum atomic E-state index is 13.6. The molecule has 4 rings (SSSR count). The fraction of sp³-hybridized carbons (Fsp3) is 0.321. The third-order valence-corrected chi connectivity index (χ3v) is 6.63. The maximum Gasteiger partial charge on any atom is 0.321 e. The molecular formula is C28H31FN6O5. The Morgan fingerprint density at radius 3 is 2.62 bits per heavy atom. The van der Waals surface area contributed by atoms with Crippen molar-refractivity contribution in [3.63, 3.8) is 0 Å². The minimum Gasteiger partial charge on any atom is -0.485 e. The Labute approximate surface area is 231 Å². The van der Waals surface area contributed by atoms with Crippen molar-refractivity contribution in [3.8, 4) is 5.75 Å². The zero-order valence-electron chi connectivity index (χ0n) is 22.4. The van der Waals surface area contributed by atoms with Crippen LogP contribution < -0.4 is 15.4 Å². The summed E-state index contributed by atoms with van der Waals surface area (Å²) in [5.41, 5.74) is 0.955. The highest BCUT2D eigenvalue weighted by Gasteiger charge is 2.35. The number of urea groups is 1. The number of carbonyl (C=O) groups excluding carboxylic acids is 3. The molecule has 0 unspecified atom stereocenters. The Balaban J connectivity index is 1.64. The average molecular weight is 551 g/mol. The van der Waals surface area contributed by atoms with Crippen LogP contribution in [0.15, 0.2) is 61.1 Å². The van der Waals surface area contributed by atoms with Crippen LogP contribution >= 0.6 is 0 Å². The molecule has 2 heterocycles. The van der Waals surface area contributed by atoms with Gasteiger partial charge in [-0.1, -0.05) is 13.0 Å². The van der Waals surface area contributed by atoms with Crippen LogP contribution in [0.1, 0.15) is 34.7 Å². The molecule has 1 aliphatic heterocycles. The van der Waals surface area contributed by atoms with Crippen LogP contribution in [0.4, 0.5) is 20.6 Å². The van der Waals surface area contributed by atoms with E-state index >= 15 is 0 Å². The van der Waals surface area contributed by atoms with Gasteiger partial charge in [0.2, 0.25) is 0 Å². The van der Waals surface area contributed by atoms with Crippen molar-refractivity contribution in [1.29, 1.82) is 0 Å². The smallest absolute Gasteiger partial charge is 0.321 e. The molecule has 0 radical (unpaired) electrons. The van der Waals surface area contributed by atoms with Crippen LogP contribution in [0, 0.1) is 11.7 Å². The molecular weight excluding hydrogens is 519 g/mol. The number of benzene rings is 2. The maximum absolute atomic E-state index is 13.6. The summed E-state index contributed by atoms with van der Waals surface area (Å²) in [6, 6.07) is 9.30. The van der Waals surface area contributed by atoms with E-state index in [-0.39, 0.29) is 54.2 Å². The molecule has 4 amide bonds. The Bertz CT molecular complexity index is 1360. The fourth-order valence-electron chi connectivity index (χ4n) is 4.27. The largest absolute Gasteiger partial charge is 0.485 e. The average Bonchev–Trinajstić information content (AvgIpc) is 2.96. The highest BCUT2D eigenvalue weighted by Crippen LogP contribution is 2.35. The van der Waals surface area contributed by atoms with Gasteiger partial charge in [-0.05, 0) is 43.3 Å². The number of halogens is 1. The number of aliphatic hydroxyl groups is 1. The molecule has 40 heavy (non-hydrogen) atoms. The normalized spacial score (nSPS) is 17.5. The van der Waals surface area contributed by atoms with Crippen LogP contribution in [0.2, 0.25) is 0 Å². The van der Waals surface area contributed by atoms with Gasteiger partial charge in [0.05, 0.1) is 36.6 Å². The molecule has 2 aromatic carbocycles. The molecule has 0 bridgehead atoms. The number of likely N-dealkylation sites (N-methyl/N-ethyl adjacent to an activating group) is 1. The van der Waals surface area contributed by atoms with E-state index in [1.807, 2.05) is 6.92 Å². The second-order valence-corrected chi connectivity index (χ2v) is 9.67. The number of ether oxygens (including phenoxy) is 1. The van der Waals surface area contributed by atoms with Crippen LogP contribution in [0.3, 0.4) is 0 Å². The van der Waals surface area contributed by atoms with Gasteiger partial charge in [0.15, 0.2) is 5.75 Å². The summed E-state index contributed by atoms with van der Waals surface area (Å²) in [6.45, 7) is 3.75. The lowest BCUT2D eigenvalue weighted by molar-refractivity contribution is 0.0372. The predicted octanol–water partition coefficient (Wildman–Crippen LogP) is 3.25. The number of anilines is 2. The van der Waals surface area contributed by atoms with Crippen molar-refractivity contribution < 1.29 is 28.6 Å². The molecule has 3 N–H and O–H groups in total. The van der Waals surface area contributed by atoms with Gasteiger partial charge in [0.1, 0.15) is 17.6 Å². The summed E-state index contributed by atoms with van der Waals surface area (Å²) >= 11 is 0. The Hall–Kier alpha value is -4.58. The monoisotopic (exact) mass is 550 g/mol.